The monoisotopic (exact) mass is 339 g/mol. The van der Waals surface area contributed by atoms with Crippen LogP contribution in [0.15, 0.2) is 28.8 Å². The molecule has 3 rings (SSSR count). The lowest BCUT2D eigenvalue weighted by Gasteiger charge is -2.26. The van der Waals surface area contributed by atoms with Crippen LogP contribution in [0.3, 0.4) is 0 Å². The number of amides is 2. The van der Waals surface area contributed by atoms with Gasteiger partial charge in [0.25, 0.3) is 11.8 Å². The number of aryl methyl sites for hydroxylation is 1. The first kappa shape index (κ1) is 16.6. The fraction of sp³-hybridized carbons (Fsp3) is 0.278. The highest BCUT2D eigenvalue weighted by atomic mass is 16.6. The number of benzene rings is 1. The fourth-order valence-electron chi connectivity index (χ4n) is 2.65. The maximum atomic E-state index is 12.7. The highest BCUT2D eigenvalue weighted by Gasteiger charge is 2.29. The fourth-order valence-corrected chi connectivity index (χ4v) is 2.65. The Bertz CT molecular complexity index is 850. The maximum absolute atomic E-state index is 12.7. The molecule has 2 heterocycles. The molecule has 1 aliphatic heterocycles. The molecule has 0 bridgehead atoms. The molecule has 0 aliphatic carbocycles. The first-order valence-electron chi connectivity index (χ1n) is 7.81. The molecule has 0 saturated heterocycles. The van der Waals surface area contributed by atoms with E-state index in [4.69, 9.17) is 15.7 Å². The number of carbonyl (C=O) groups excluding carboxylic acids is 2. The molecular weight excluding hydrogens is 322 g/mol. The van der Waals surface area contributed by atoms with Gasteiger partial charge in [-0.2, -0.15) is 0 Å². The summed E-state index contributed by atoms with van der Waals surface area (Å²) in [7, 11) is 0. The van der Waals surface area contributed by atoms with Crippen LogP contribution in [0.25, 0.3) is 0 Å². The van der Waals surface area contributed by atoms with Gasteiger partial charge in [-0.1, -0.05) is 23.6 Å². The lowest BCUT2D eigenvalue weighted by molar-refractivity contribution is 0.0728. The van der Waals surface area contributed by atoms with E-state index in [0.717, 1.165) is 5.56 Å². The second-order valence-corrected chi connectivity index (χ2v) is 5.68. The maximum Gasteiger partial charge on any atom is 0.414 e. The molecule has 128 valence electrons. The quantitative estimate of drug-likeness (QED) is 0.864. The summed E-state index contributed by atoms with van der Waals surface area (Å²) in [6.07, 6.45) is 4.88. The van der Waals surface area contributed by atoms with Crippen molar-refractivity contribution >= 4 is 12.0 Å². The molecule has 1 aromatic heterocycles. The van der Waals surface area contributed by atoms with Gasteiger partial charge in [-0.05, 0) is 24.2 Å². The number of nitrogens with one attached hydrogen (secondary N) is 1. The molecule has 7 nitrogen and oxygen atoms in total. The molecule has 1 aliphatic rings. The van der Waals surface area contributed by atoms with Crippen molar-refractivity contribution in [3.8, 4) is 18.2 Å². The molecule has 0 unspecified atom stereocenters. The van der Waals surface area contributed by atoms with Gasteiger partial charge < -0.3 is 19.5 Å². The van der Waals surface area contributed by atoms with Crippen LogP contribution in [0, 0.1) is 19.3 Å². The number of aromatic nitrogens is 1. The van der Waals surface area contributed by atoms with E-state index in [9.17, 15) is 9.59 Å². The minimum absolute atomic E-state index is 0.0524. The Kier molecular flexibility index (Phi) is 4.70. The molecule has 1 N–H and O–H groups in total. The second-order valence-electron chi connectivity index (χ2n) is 5.68. The number of nitrogens with zero attached hydrogens (tertiary/aromatic N) is 2. The van der Waals surface area contributed by atoms with Gasteiger partial charge in [0.2, 0.25) is 0 Å². The van der Waals surface area contributed by atoms with Crippen LogP contribution in [0.4, 0.5) is 4.79 Å². The molecule has 25 heavy (non-hydrogen) atoms. The number of ether oxygens (including phenoxy) is 1. The zero-order chi connectivity index (χ0) is 17.8. The Morgan fingerprint density at radius 1 is 1.48 bits per heavy atom. The third-order valence-electron chi connectivity index (χ3n) is 3.87. The summed E-state index contributed by atoms with van der Waals surface area (Å²) in [6, 6.07) is 7.41. The van der Waals surface area contributed by atoms with Crippen LogP contribution in [0.2, 0.25) is 0 Å². The van der Waals surface area contributed by atoms with E-state index in [1.165, 1.54) is 0 Å². The summed E-state index contributed by atoms with van der Waals surface area (Å²) in [5.74, 6) is 2.87. The van der Waals surface area contributed by atoms with Gasteiger partial charge in [0.1, 0.15) is 5.76 Å². The smallest absolute Gasteiger partial charge is 0.387 e. The van der Waals surface area contributed by atoms with Crippen molar-refractivity contribution < 1.29 is 18.8 Å². The molecular formula is C18H17N3O4. The van der Waals surface area contributed by atoms with Gasteiger partial charge in [-0.15, -0.1) is 6.42 Å². The molecule has 1 aromatic carbocycles. The van der Waals surface area contributed by atoms with Crippen molar-refractivity contribution in [1.82, 2.24) is 15.4 Å². The van der Waals surface area contributed by atoms with E-state index in [1.54, 1.807) is 11.0 Å². The number of carbonyl (C=O) groups is 2. The summed E-state index contributed by atoms with van der Waals surface area (Å²) in [5.41, 5.74) is 2.24. The first-order valence-corrected chi connectivity index (χ1v) is 7.81. The zero-order valence-electron chi connectivity index (χ0n) is 13.7. The van der Waals surface area contributed by atoms with Gasteiger partial charge in [0.05, 0.1) is 18.7 Å². The van der Waals surface area contributed by atoms with E-state index in [-0.39, 0.29) is 24.9 Å². The Morgan fingerprint density at radius 2 is 2.32 bits per heavy atom. The molecule has 2 amide bonds. The van der Waals surface area contributed by atoms with Crippen LogP contribution in [-0.4, -0.2) is 35.1 Å². The molecule has 0 atom stereocenters. The number of hydrogen-bond donors (Lipinski definition) is 1. The van der Waals surface area contributed by atoms with E-state index >= 15 is 0 Å². The van der Waals surface area contributed by atoms with Gasteiger partial charge >= 0.3 is 6.09 Å². The molecule has 0 radical (unpaired) electrons. The number of terminal acetylenes is 1. The molecule has 0 fully saturated rings. The van der Waals surface area contributed by atoms with Crippen molar-refractivity contribution in [3.05, 3.63) is 46.7 Å². The van der Waals surface area contributed by atoms with Gasteiger partial charge in [0, 0.05) is 18.5 Å². The van der Waals surface area contributed by atoms with E-state index < -0.39 is 6.09 Å². The summed E-state index contributed by atoms with van der Waals surface area (Å²) in [5, 5.41) is 6.16. The largest absolute Gasteiger partial charge is 0.414 e. The number of hydrogen-bond acceptors (Lipinski definition) is 5. The number of fused-ring (bicyclic) bond motifs is 1. The van der Waals surface area contributed by atoms with Crippen molar-refractivity contribution in [3.63, 3.8) is 0 Å². The minimum Gasteiger partial charge on any atom is -0.387 e. The summed E-state index contributed by atoms with van der Waals surface area (Å²) in [4.78, 5) is 26.0. The van der Waals surface area contributed by atoms with Gasteiger partial charge in [0.15, 0.2) is 0 Å². The van der Waals surface area contributed by atoms with Crippen LogP contribution >= 0.6 is 0 Å². The van der Waals surface area contributed by atoms with Crippen molar-refractivity contribution in [1.29, 1.82) is 0 Å². The van der Waals surface area contributed by atoms with Crippen molar-refractivity contribution in [2.24, 2.45) is 0 Å². The van der Waals surface area contributed by atoms with Crippen LogP contribution < -0.4 is 10.1 Å². The van der Waals surface area contributed by atoms with Crippen LogP contribution in [0.1, 0.15) is 27.2 Å². The topological polar surface area (TPSA) is 84.7 Å². The minimum atomic E-state index is -0.712. The Hall–Kier alpha value is -3.27. The average Bonchev–Trinajstić information content (AvgIpc) is 3.01. The van der Waals surface area contributed by atoms with Gasteiger partial charge in [-0.25, -0.2) is 4.79 Å². The highest BCUT2D eigenvalue weighted by molar-refractivity contribution is 5.94. The highest BCUT2D eigenvalue weighted by Crippen LogP contribution is 2.28. The lowest BCUT2D eigenvalue weighted by Crippen LogP contribution is -2.36. The Balaban J connectivity index is 1.74. The third kappa shape index (κ3) is 3.63. The average molecular weight is 339 g/mol. The molecule has 0 saturated carbocycles. The predicted molar refractivity (Wildman–Crippen MR) is 89.0 cm³/mol. The number of rotatable bonds is 3. The standard InChI is InChI=1S/C18H17N3O4/c1-3-8-19-18(23)24-16-14-11-21(9-7-15(14)25-20-16)17(22)13-6-4-5-12(2)10-13/h1,4-6,10H,7-9,11H2,2H3,(H,19,23). The van der Waals surface area contributed by atoms with Crippen molar-refractivity contribution in [2.75, 3.05) is 13.1 Å². The second kappa shape index (κ2) is 7.09. The third-order valence-corrected chi connectivity index (χ3v) is 3.87. The first-order chi connectivity index (χ1) is 12.1. The predicted octanol–water partition coefficient (Wildman–Crippen LogP) is 1.90. The Morgan fingerprint density at radius 3 is 3.08 bits per heavy atom. The molecule has 7 heteroatoms. The normalized spacial score (nSPS) is 12.9. The molecule has 0 spiro atoms. The van der Waals surface area contributed by atoms with Crippen LogP contribution in [0.5, 0.6) is 5.88 Å². The van der Waals surface area contributed by atoms with Crippen LogP contribution in [-0.2, 0) is 13.0 Å². The van der Waals surface area contributed by atoms with Crippen molar-refractivity contribution in [2.45, 2.75) is 19.9 Å². The molecule has 2 aromatic rings. The van der Waals surface area contributed by atoms with E-state index in [0.29, 0.717) is 29.9 Å². The zero-order valence-corrected chi connectivity index (χ0v) is 13.7. The summed E-state index contributed by atoms with van der Waals surface area (Å²) >= 11 is 0. The van der Waals surface area contributed by atoms with E-state index in [2.05, 4.69) is 16.4 Å². The Labute approximate surface area is 144 Å². The SMILES string of the molecule is C#CCNC(=O)Oc1noc2c1CN(C(=O)c1cccc(C)c1)CC2. The summed E-state index contributed by atoms with van der Waals surface area (Å²) < 4.78 is 10.3. The van der Waals surface area contributed by atoms with Gasteiger partial charge in [-0.3, -0.25) is 4.79 Å². The van der Waals surface area contributed by atoms with E-state index in [1.807, 2.05) is 25.1 Å². The summed E-state index contributed by atoms with van der Waals surface area (Å²) in [6.45, 7) is 2.77. The lowest BCUT2D eigenvalue weighted by atomic mass is 10.1.